The lowest BCUT2D eigenvalue weighted by Crippen LogP contribution is -2.38. The highest BCUT2D eigenvalue weighted by Gasteiger charge is 2.29. The van der Waals surface area contributed by atoms with Crippen molar-refractivity contribution >= 4 is 30.0 Å². The maximum atomic E-state index is 13.0. The van der Waals surface area contributed by atoms with Gasteiger partial charge in [0.1, 0.15) is 17.5 Å². The lowest BCUT2D eigenvalue weighted by Gasteiger charge is -2.36. The van der Waals surface area contributed by atoms with E-state index in [2.05, 4.69) is 51.2 Å². The molecule has 2 aliphatic rings. The first-order valence-electron chi connectivity index (χ1n) is 15.3. The van der Waals surface area contributed by atoms with Crippen LogP contribution in [0.1, 0.15) is 43.5 Å². The monoisotopic (exact) mass is 607 g/mol. The zero-order valence-electron chi connectivity index (χ0n) is 26.2. The van der Waals surface area contributed by atoms with Crippen molar-refractivity contribution in [3.8, 4) is 0 Å². The van der Waals surface area contributed by atoms with Crippen LogP contribution in [0.2, 0.25) is 0 Å². The summed E-state index contributed by atoms with van der Waals surface area (Å²) in [6.45, 7) is 12.0. The fourth-order valence-corrected chi connectivity index (χ4v) is 5.51. The first-order chi connectivity index (χ1) is 21.8. The smallest absolute Gasteiger partial charge is 0.337 e. The van der Waals surface area contributed by atoms with Crippen LogP contribution < -0.4 is 10.2 Å². The predicted octanol–water partition coefficient (Wildman–Crippen LogP) is 5.43. The van der Waals surface area contributed by atoms with Crippen LogP contribution in [0.5, 0.6) is 0 Å². The molecule has 2 aliphatic heterocycles. The van der Waals surface area contributed by atoms with Gasteiger partial charge in [-0.05, 0) is 50.8 Å². The number of benzene rings is 2. The molecule has 5 rings (SSSR count). The molecule has 0 aliphatic carbocycles. The molecule has 45 heavy (non-hydrogen) atoms. The van der Waals surface area contributed by atoms with E-state index in [9.17, 15) is 9.90 Å². The number of aromatic nitrogens is 1. The Hall–Kier alpha value is -4.96. The van der Waals surface area contributed by atoms with Gasteiger partial charge >= 0.3 is 5.97 Å². The largest absolute Gasteiger partial charge is 0.463 e. The number of esters is 1. The number of hydrazone groups is 1. The topological polar surface area (TPSA) is 106 Å². The summed E-state index contributed by atoms with van der Waals surface area (Å²) in [4.78, 5) is 26.9. The van der Waals surface area contributed by atoms with Gasteiger partial charge in [0.15, 0.2) is 5.82 Å². The second-order valence-corrected chi connectivity index (χ2v) is 11.2. The minimum absolute atomic E-state index is 0.237. The molecule has 3 heterocycles. The van der Waals surface area contributed by atoms with Gasteiger partial charge in [0.2, 0.25) is 0 Å². The van der Waals surface area contributed by atoms with Crippen LogP contribution in [0.3, 0.4) is 0 Å². The Bertz CT molecular complexity index is 1550. The molecule has 2 aromatic carbocycles. The van der Waals surface area contributed by atoms with Crippen molar-refractivity contribution in [3.63, 3.8) is 0 Å². The Morgan fingerprint density at radius 1 is 1.11 bits per heavy atom. The number of hydrogen-bond donors (Lipinski definition) is 2. The second kappa shape index (κ2) is 14.7. The van der Waals surface area contributed by atoms with E-state index in [-0.39, 0.29) is 12.7 Å². The van der Waals surface area contributed by atoms with Crippen LogP contribution in [0.25, 0.3) is 0 Å². The highest BCUT2D eigenvalue weighted by molar-refractivity contribution is 6.06. The molecule has 0 unspecified atom stereocenters. The Morgan fingerprint density at radius 2 is 1.78 bits per heavy atom. The van der Waals surface area contributed by atoms with Crippen LogP contribution in [-0.4, -0.2) is 64.3 Å². The van der Waals surface area contributed by atoms with Crippen LogP contribution in [-0.2, 0) is 22.6 Å². The van der Waals surface area contributed by atoms with Crippen molar-refractivity contribution in [2.24, 2.45) is 10.1 Å². The van der Waals surface area contributed by atoms with Crippen LogP contribution >= 0.6 is 0 Å². The normalized spacial score (nSPS) is 17.6. The first kappa shape index (κ1) is 31.5. The highest BCUT2D eigenvalue weighted by Crippen LogP contribution is 2.30. The van der Waals surface area contributed by atoms with E-state index in [1.54, 1.807) is 18.9 Å². The standard InChI is InChI=1S/C35H41N7O3/c1-5-45-35(44)26(3)34-39-31(38-29-19-25(2)37-32(20-29)40-18-12-17-30(43)24-40)21-33(42(34)36-4)41(22-27-13-8-6-9-14-27)23-28-15-10-7-11-16-28/h6-11,13-16,19-21,30,43H,4-5,12,17-18,22-24H2,1-3H3,(H,37,38,39)/b34-26+/t30-/m0/s1. The number of piperidine rings is 1. The third kappa shape index (κ3) is 7.96. The molecule has 1 fully saturated rings. The summed E-state index contributed by atoms with van der Waals surface area (Å²) in [7, 11) is 0. The molecule has 10 nitrogen and oxygen atoms in total. The van der Waals surface area contributed by atoms with Crippen molar-refractivity contribution in [2.75, 3.05) is 29.9 Å². The number of carbonyl (C=O) groups is 1. The predicted molar refractivity (Wildman–Crippen MR) is 178 cm³/mol. The molecule has 3 aromatic rings. The number of aryl methyl sites for hydroxylation is 1. The number of carbonyl (C=O) groups excluding carboxylic acids is 1. The Labute approximate surface area is 265 Å². The third-order valence-electron chi connectivity index (χ3n) is 7.66. The molecule has 0 spiro atoms. The van der Waals surface area contributed by atoms with E-state index in [1.165, 1.54) is 0 Å². The number of pyridine rings is 1. The number of nitrogens with zero attached hydrogens (tertiary/aromatic N) is 6. The van der Waals surface area contributed by atoms with Gasteiger partial charge < -0.3 is 25.0 Å². The lowest BCUT2D eigenvalue weighted by atomic mass is 10.1. The van der Waals surface area contributed by atoms with E-state index in [1.807, 2.05) is 61.5 Å². The number of aliphatic hydroxyl groups is 1. The van der Waals surface area contributed by atoms with Crippen molar-refractivity contribution in [2.45, 2.75) is 52.8 Å². The summed E-state index contributed by atoms with van der Waals surface area (Å²) >= 11 is 0. The molecule has 0 amide bonds. The van der Waals surface area contributed by atoms with Gasteiger partial charge in [-0.25, -0.2) is 14.8 Å². The molecule has 10 heteroatoms. The third-order valence-corrected chi connectivity index (χ3v) is 7.66. The van der Waals surface area contributed by atoms with E-state index < -0.39 is 5.97 Å². The minimum atomic E-state index is -0.478. The molecule has 0 radical (unpaired) electrons. The summed E-state index contributed by atoms with van der Waals surface area (Å²) in [5, 5.41) is 19.7. The number of hydrogen-bond acceptors (Lipinski definition) is 10. The zero-order valence-corrected chi connectivity index (χ0v) is 26.2. The van der Waals surface area contributed by atoms with Gasteiger partial charge in [0.05, 0.1) is 18.3 Å². The van der Waals surface area contributed by atoms with Gasteiger partial charge in [-0.3, -0.25) is 0 Å². The average molecular weight is 608 g/mol. The van der Waals surface area contributed by atoms with Crippen LogP contribution in [0.15, 0.2) is 106 Å². The van der Waals surface area contributed by atoms with E-state index in [4.69, 9.17) is 14.7 Å². The highest BCUT2D eigenvalue weighted by atomic mass is 16.5. The number of nitrogens with one attached hydrogen (secondary N) is 1. The Morgan fingerprint density at radius 3 is 2.38 bits per heavy atom. The molecule has 234 valence electrons. The molecular weight excluding hydrogens is 566 g/mol. The molecule has 0 bridgehead atoms. The van der Waals surface area contributed by atoms with Gasteiger partial charge in [0.25, 0.3) is 0 Å². The number of aliphatic imine (C=N–C) groups is 1. The SMILES string of the molecule is C=NN1C(N(Cc2ccccc2)Cc2ccccc2)=CC(Nc2cc(C)nc(N3CCC[C@H](O)C3)c2)=N/C1=C(/C)C(=O)OCC. The number of anilines is 2. The molecule has 0 saturated carbocycles. The summed E-state index contributed by atoms with van der Waals surface area (Å²) in [5.74, 6) is 1.84. The summed E-state index contributed by atoms with van der Waals surface area (Å²) in [6.07, 6.45) is 3.25. The summed E-state index contributed by atoms with van der Waals surface area (Å²) in [6, 6.07) is 24.3. The summed E-state index contributed by atoms with van der Waals surface area (Å²) in [5.41, 5.74) is 4.15. The number of β-amino-alcohol motifs (C(OH)–C–C–N with tert-alkyl or cyclic N) is 1. The van der Waals surface area contributed by atoms with Gasteiger partial charge in [-0.1, -0.05) is 60.7 Å². The quantitative estimate of drug-likeness (QED) is 0.179. The minimum Gasteiger partial charge on any atom is -0.463 e. The molecular formula is C35H41N7O3. The maximum absolute atomic E-state index is 13.0. The Kier molecular flexibility index (Phi) is 10.3. The van der Waals surface area contributed by atoms with Crippen LogP contribution in [0, 0.1) is 6.92 Å². The number of amidine groups is 1. The van der Waals surface area contributed by atoms with Crippen LogP contribution in [0.4, 0.5) is 11.5 Å². The summed E-state index contributed by atoms with van der Waals surface area (Å²) < 4.78 is 5.36. The van der Waals surface area contributed by atoms with E-state index in [0.717, 1.165) is 47.7 Å². The molecule has 1 saturated heterocycles. The molecule has 1 aromatic heterocycles. The molecule has 1 atom stereocenters. The van der Waals surface area contributed by atoms with Crippen molar-refractivity contribution in [3.05, 3.63) is 113 Å². The Balaban J connectivity index is 1.58. The van der Waals surface area contributed by atoms with Crippen molar-refractivity contribution in [1.82, 2.24) is 14.9 Å². The first-order valence-corrected chi connectivity index (χ1v) is 15.3. The van der Waals surface area contributed by atoms with Gasteiger partial charge in [-0.2, -0.15) is 10.1 Å². The number of aliphatic hydroxyl groups excluding tert-OH is 1. The van der Waals surface area contributed by atoms with E-state index >= 15 is 0 Å². The average Bonchev–Trinajstić information content (AvgIpc) is 3.04. The maximum Gasteiger partial charge on any atom is 0.337 e. The molecule has 2 N–H and O–H groups in total. The van der Waals surface area contributed by atoms with E-state index in [0.29, 0.717) is 42.7 Å². The van der Waals surface area contributed by atoms with Crippen molar-refractivity contribution < 1.29 is 14.6 Å². The fraction of sp³-hybridized carbons (Fsp3) is 0.314. The zero-order chi connectivity index (χ0) is 31.8. The second-order valence-electron chi connectivity index (χ2n) is 11.2. The number of rotatable bonds is 10. The fourth-order valence-electron chi connectivity index (χ4n) is 5.51. The lowest BCUT2D eigenvalue weighted by molar-refractivity contribution is -0.138. The number of ether oxygens (including phenoxy) is 1. The van der Waals surface area contributed by atoms with Crippen molar-refractivity contribution in [1.29, 1.82) is 0 Å². The van der Waals surface area contributed by atoms with Gasteiger partial charge in [0, 0.05) is 56.4 Å². The van der Waals surface area contributed by atoms with Gasteiger partial charge in [-0.15, -0.1) is 0 Å².